The molecule has 0 radical (unpaired) electrons. The highest BCUT2D eigenvalue weighted by molar-refractivity contribution is 9.11. The van der Waals surface area contributed by atoms with E-state index in [9.17, 15) is 9.59 Å². The van der Waals surface area contributed by atoms with Crippen LogP contribution in [0.4, 0.5) is 0 Å². The molecule has 4 aliphatic rings. The molecule has 1 heterocycles. The molecule has 25 heavy (non-hydrogen) atoms. The molecule has 1 aliphatic heterocycles. The van der Waals surface area contributed by atoms with Crippen molar-refractivity contribution in [2.24, 2.45) is 22.7 Å². The monoisotopic (exact) mass is 408 g/mol. The number of ketones is 1. The van der Waals surface area contributed by atoms with Crippen LogP contribution in [0.5, 0.6) is 0 Å². The number of hydrogen-bond donors (Lipinski definition) is 0. The summed E-state index contributed by atoms with van der Waals surface area (Å²) in [6.07, 6.45) is 5.10. The Morgan fingerprint density at radius 3 is 2.80 bits per heavy atom. The lowest BCUT2D eigenvalue weighted by Crippen LogP contribution is -2.62. The van der Waals surface area contributed by atoms with Crippen LogP contribution in [0, 0.1) is 22.7 Å². The van der Waals surface area contributed by atoms with Crippen molar-refractivity contribution in [3.05, 3.63) is 21.7 Å². The van der Waals surface area contributed by atoms with E-state index < -0.39 is 10.8 Å². The number of allylic oxidation sites excluding steroid dienone is 2. The highest BCUT2D eigenvalue weighted by Gasteiger charge is 2.73. The van der Waals surface area contributed by atoms with Gasteiger partial charge in [-0.2, -0.15) is 0 Å². The fourth-order valence-electron chi connectivity index (χ4n) is 5.82. The normalized spacial score (nSPS) is 42.4. The van der Waals surface area contributed by atoms with Gasteiger partial charge in [0.05, 0.1) is 19.3 Å². The maximum absolute atomic E-state index is 13.8. The summed E-state index contributed by atoms with van der Waals surface area (Å²) >= 11 is 3.76. The first-order valence-corrected chi connectivity index (χ1v) is 9.97. The molecule has 2 fully saturated rings. The van der Waals surface area contributed by atoms with Crippen LogP contribution in [0.1, 0.15) is 46.5 Å². The van der Waals surface area contributed by atoms with Gasteiger partial charge < -0.3 is 9.47 Å². The molecule has 3 aliphatic carbocycles. The van der Waals surface area contributed by atoms with Crippen LogP contribution < -0.4 is 0 Å². The maximum Gasteiger partial charge on any atom is 0.321 e. The fraction of sp³-hybridized carbons (Fsp3) is 0.700. The first-order chi connectivity index (χ1) is 11.8. The van der Waals surface area contributed by atoms with Gasteiger partial charge in [0.1, 0.15) is 5.41 Å². The van der Waals surface area contributed by atoms with E-state index in [0.29, 0.717) is 6.42 Å². The quantitative estimate of drug-likeness (QED) is 0.512. The molecule has 5 atom stereocenters. The van der Waals surface area contributed by atoms with Gasteiger partial charge in [0.25, 0.3) is 0 Å². The van der Waals surface area contributed by atoms with E-state index in [2.05, 4.69) is 22.9 Å². The third kappa shape index (κ3) is 1.92. The molecule has 0 aromatic carbocycles. The van der Waals surface area contributed by atoms with Crippen LogP contribution in [-0.2, 0) is 19.1 Å². The molecule has 4 rings (SSSR count). The van der Waals surface area contributed by atoms with Crippen LogP contribution in [0.15, 0.2) is 21.7 Å². The third-order valence-corrected chi connectivity index (χ3v) is 8.02. The fourth-order valence-corrected chi connectivity index (χ4v) is 6.56. The largest absolute Gasteiger partial charge is 0.468 e. The lowest BCUT2D eigenvalue weighted by Gasteiger charge is -2.51. The van der Waals surface area contributed by atoms with Crippen LogP contribution in [0.25, 0.3) is 0 Å². The summed E-state index contributed by atoms with van der Waals surface area (Å²) in [6.45, 7) is 6.07. The molecule has 0 aromatic heterocycles. The van der Waals surface area contributed by atoms with Gasteiger partial charge in [0.2, 0.25) is 0 Å². The smallest absolute Gasteiger partial charge is 0.321 e. The Morgan fingerprint density at radius 2 is 2.16 bits per heavy atom. The minimum Gasteiger partial charge on any atom is -0.468 e. The van der Waals surface area contributed by atoms with E-state index in [1.54, 1.807) is 0 Å². The van der Waals surface area contributed by atoms with Crippen molar-refractivity contribution in [1.29, 1.82) is 0 Å². The zero-order chi connectivity index (χ0) is 18.1. The van der Waals surface area contributed by atoms with Crippen molar-refractivity contribution in [2.45, 2.75) is 58.7 Å². The number of esters is 1. The SMILES string of the molecule is COC(=O)[C@@]12C(=O)C(C(C)C)=C[C@@H]3O[C@@H](C[C@@]31C)C(Br)=C1CCC[C@@H]12. The van der Waals surface area contributed by atoms with Crippen LogP contribution in [-0.4, -0.2) is 31.1 Å². The summed E-state index contributed by atoms with van der Waals surface area (Å²) in [5.41, 5.74) is 0.168. The van der Waals surface area contributed by atoms with Crippen LogP contribution >= 0.6 is 15.9 Å². The van der Waals surface area contributed by atoms with Gasteiger partial charge in [-0.05, 0) is 43.3 Å². The van der Waals surface area contributed by atoms with E-state index in [1.807, 2.05) is 19.9 Å². The van der Waals surface area contributed by atoms with Gasteiger partial charge in [-0.15, -0.1) is 0 Å². The molecule has 1 saturated carbocycles. The summed E-state index contributed by atoms with van der Waals surface area (Å²) in [7, 11) is 1.40. The zero-order valence-electron chi connectivity index (χ0n) is 15.2. The Bertz CT molecular complexity index is 721. The number of carbonyl (C=O) groups excluding carboxylic acids is 2. The molecule has 4 nitrogen and oxygen atoms in total. The van der Waals surface area contributed by atoms with E-state index in [4.69, 9.17) is 9.47 Å². The average molecular weight is 409 g/mol. The maximum atomic E-state index is 13.8. The number of halogens is 1. The molecule has 5 heteroatoms. The molecular formula is C20H25BrO4. The molecule has 2 bridgehead atoms. The molecule has 0 aromatic rings. The number of methoxy groups -OCH3 is 1. The van der Waals surface area contributed by atoms with E-state index in [1.165, 1.54) is 12.7 Å². The van der Waals surface area contributed by atoms with Gasteiger partial charge in [0, 0.05) is 15.8 Å². The summed E-state index contributed by atoms with van der Waals surface area (Å²) in [5, 5.41) is 0. The average Bonchev–Trinajstić information content (AvgIpc) is 3.15. The van der Waals surface area contributed by atoms with E-state index >= 15 is 0 Å². The molecule has 0 N–H and O–H groups in total. The lowest BCUT2D eigenvalue weighted by atomic mass is 9.49. The number of Topliss-reactive ketones (excluding diaryl/α,β-unsaturated/α-hetero) is 1. The lowest BCUT2D eigenvalue weighted by molar-refractivity contribution is -0.175. The van der Waals surface area contributed by atoms with Gasteiger partial charge in [-0.25, -0.2) is 0 Å². The Labute approximate surface area is 157 Å². The highest BCUT2D eigenvalue weighted by atomic mass is 79.9. The minimum absolute atomic E-state index is 0.0380. The number of rotatable bonds is 2. The first kappa shape index (κ1) is 17.5. The van der Waals surface area contributed by atoms with Crippen LogP contribution in [0.3, 0.4) is 0 Å². The van der Waals surface area contributed by atoms with Crippen molar-refractivity contribution >= 4 is 27.7 Å². The molecule has 1 saturated heterocycles. The van der Waals surface area contributed by atoms with Crippen molar-refractivity contribution in [3.63, 3.8) is 0 Å². The Balaban J connectivity index is 2.05. The molecule has 136 valence electrons. The first-order valence-electron chi connectivity index (χ1n) is 9.17. The summed E-state index contributed by atoms with van der Waals surface area (Å²) in [5.74, 6) is -0.456. The predicted molar refractivity (Wildman–Crippen MR) is 97.1 cm³/mol. The zero-order valence-corrected chi connectivity index (χ0v) is 16.8. The minimum atomic E-state index is -1.17. The number of hydrogen-bond acceptors (Lipinski definition) is 4. The van der Waals surface area contributed by atoms with Gasteiger partial charge in [-0.1, -0.05) is 42.3 Å². The standard InChI is InChI=1S/C20H25BrO4/c1-10(2)12-8-15-19(3)9-14(25-15)16(21)11-6-5-7-13(11)20(19,17(12)22)18(23)24-4/h8,10,13-15H,5-7,9H2,1-4H3/t13-,14-,15-,19-,20+/m0/s1. The Kier molecular flexibility index (Phi) is 3.86. The second-order valence-electron chi connectivity index (χ2n) is 8.39. The van der Waals surface area contributed by atoms with E-state index in [0.717, 1.165) is 29.3 Å². The topological polar surface area (TPSA) is 52.6 Å². The number of carbonyl (C=O) groups is 2. The predicted octanol–water partition coefficient (Wildman–Crippen LogP) is 3.94. The summed E-state index contributed by atoms with van der Waals surface area (Å²) in [6, 6.07) is 0. The van der Waals surface area contributed by atoms with Crippen LogP contribution in [0.2, 0.25) is 0 Å². The van der Waals surface area contributed by atoms with Gasteiger partial charge in [0.15, 0.2) is 5.78 Å². The second kappa shape index (κ2) is 5.53. The summed E-state index contributed by atoms with van der Waals surface area (Å²) in [4.78, 5) is 27.1. The number of ether oxygens (including phenoxy) is 2. The van der Waals surface area contributed by atoms with Gasteiger partial charge >= 0.3 is 5.97 Å². The molecule has 0 spiro atoms. The highest BCUT2D eigenvalue weighted by Crippen LogP contribution is 2.67. The van der Waals surface area contributed by atoms with Crippen molar-refractivity contribution in [3.8, 4) is 0 Å². The van der Waals surface area contributed by atoms with Crippen molar-refractivity contribution in [2.75, 3.05) is 7.11 Å². The Hall–Kier alpha value is -0.940. The third-order valence-electron chi connectivity index (χ3n) is 7.00. The van der Waals surface area contributed by atoms with Crippen molar-refractivity contribution in [1.82, 2.24) is 0 Å². The Morgan fingerprint density at radius 1 is 1.44 bits per heavy atom. The molecular weight excluding hydrogens is 384 g/mol. The van der Waals surface area contributed by atoms with Gasteiger partial charge in [-0.3, -0.25) is 9.59 Å². The second-order valence-corrected chi connectivity index (χ2v) is 9.24. The molecule has 0 unspecified atom stereocenters. The van der Waals surface area contributed by atoms with Crippen molar-refractivity contribution < 1.29 is 19.1 Å². The number of fused-ring (bicyclic) bond motifs is 3. The summed E-state index contributed by atoms with van der Waals surface area (Å²) < 4.78 is 12.7. The molecule has 0 amide bonds. The van der Waals surface area contributed by atoms with E-state index in [-0.39, 0.29) is 35.8 Å².